The van der Waals surface area contributed by atoms with E-state index in [2.05, 4.69) is 10.2 Å². The summed E-state index contributed by atoms with van der Waals surface area (Å²) >= 11 is 0. The van der Waals surface area contributed by atoms with Gasteiger partial charge < -0.3 is 14.3 Å². The van der Waals surface area contributed by atoms with Crippen molar-refractivity contribution in [2.45, 2.75) is 6.61 Å². The molecule has 2 aromatic rings. The largest absolute Gasteiger partial charge is 0.477 e. The Morgan fingerprint density at radius 1 is 1.50 bits per heavy atom. The van der Waals surface area contributed by atoms with Crippen molar-refractivity contribution in [3.8, 4) is 5.88 Å². The Morgan fingerprint density at radius 3 is 3.06 bits per heavy atom. The summed E-state index contributed by atoms with van der Waals surface area (Å²) in [5.41, 5.74) is -0.0263. The van der Waals surface area contributed by atoms with Gasteiger partial charge in [-0.15, -0.1) is 5.10 Å². The molecule has 2 rings (SSSR count). The van der Waals surface area contributed by atoms with Crippen LogP contribution in [0.25, 0.3) is 0 Å². The molecule has 0 aliphatic heterocycles. The van der Waals surface area contributed by atoms with Crippen LogP contribution in [0.1, 0.15) is 16.1 Å². The highest BCUT2D eigenvalue weighted by atomic mass is 16.5. The maximum Gasteiger partial charge on any atom is 0.341 e. The molecule has 2 aromatic heterocycles. The maximum atomic E-state index is 10.8. The van der Waals surface area contributed by atoms with Crippen molar-refractivity contribution in [3.63, 3.8) is 0 Å². The maximum absolute atomic E-state index is 10.8. The van der Waals surface area contributed by atoms with E-state index in [9.17, 15) is 4.79 Å². The van der Waals surface area contributed by atoms with Gasteiger partial charge in [0.2, 0.25) is 5.88 Å². The summed E-state index contributed by atoms with van der Waals surface area (Å²) in [7, 11) is 0. The van der Waals surface area contributed by atoms with Crippen molar-refractivity contribution in [2.75, 3.05) is 0 Å². The summed E-state index contributed by atoms with van der Waals surface area (Å²) in [5, 5.41) is 16.0. The predicted molar refractivity (Wildman–Crippen MR) is 52.0 cm³/mol. The van der Waals surface area contributed by atoms with Gasteiger partial charge >= 0.3 is 5.97 Å². The Bertz CT molecular complexity index is 481. The average molecular weight is 220 g/mol. The van der Waals surface area contributed by atoms with Crippen LogP contribution in [-0.4, -0.2) is 21.3 Å². The Morgan fingerprint density at radius 2 is 2.38 bits per heavy atom. The first kappa shape index (κ1) is 10.2. The third-order valence-corrected chi connectivity index (χ3v) is 1.85. The van der Waals surface area contributed by atoms with Crippen LogP contribution in [-0.2, 0) is 6.61 Å². The minimum absolute atomic E-state index is 0.0219. The van der Waals surface area contributed by atoms with Gasteiger partial charge in [0.05, 0.1) is 12.5 Å². The van der Waals surface area contributed by atoms with Crippen molar-refractivity contribution in [1.82, 2.24) is 10.2 Å². The molecule has 16 heavy (non-hydrogen) atoms. The number of hydrogen-bond donors (Lipinski definition) is 1. The lowest BCUT2D eigenvalue weighted by Gasteiger charge is -2.04. The van der Waals surface area contributed by atoms with Crippen molar-refractivity contribution >= 4 is 5.97 Å². The van der Waals surface area contributed by atoms with Crippen LogP contribution in [0, 0.1) is 0 Å². The second-order valence-corrected chi connectivity index (χ2v) is 2.92. The SMILES string of the molecule is O=C(O)c1ccnnc1OCc1ccco1. The number of nitrogens with zero attached hydrogens (tertiary/aromatic N) is 2. The average Bonchev–Trinajstić information content (AvgIpc) is 2.79. The van der Waals surface area contributed by atoms with Crippen LogP contribution in [0.4, 0.5) is 0 Å². The first-order chi connectivity index (χ1) is 7.77. The Hall–Kier alpha value is -2.37. The van der Waals surface area contributed by atoms with E-state index in [0.29, 0.717) is 5.76 Å². The van der Waals surface area contributed by atoms with E-state index in [0.717, 1.165) is 0 Å². The highest BCUT2D eigenvalue weighted by Crippen LogP contribution is 2.14. The summed E-state index contributed by atoms with van der Waals surface area (Å²) in [6.45, 7) is 0.117. The molecule has 0 aliphatic rings. The van der Waals surface area contributed by atoms with Crippen molar-refractivity contribution in [2.24, 2.45) is 0 Å². The molecule has 0 unspecified atom stereocenters. The van der Waals surface area contributed by atoms with Crippen LogP contribution >= 0.6 is 0 Å². The molecule has 1 N–H and O–H groups in total. The topological polar surface area (TPSA) is 85.5 Å². The lowest BCUT2D eigenvalue weighted by Crippen LogP contribution is -2.05. The lowest BCUT2D eigenvalue weighted by molar-refractivity contribution is 0.0689. The smallest absolute Gasteiger partial charge is 0.341 e. The van der Waals surface area contributed by atoms with Crippen LogP contribution in [0.3, 0.4) is 0 Å². The third-order valence-electron chi connectivity index (χ3n) is 1.85. The van der Waals surface area contributed by atoms with Gasteiger partial charge in [0.25, 0.3) is 0 Å². The van der Waals surface area contributed by atoms with Gasteiger partial charge in [-0.2, -0.15) is 5.10 Å². The molecule has 0 aromatic carbocycles. The zero-order valence-corrected chi connectivity index (χ0v) is 8.16. The zero-order chi connectivity index (χ0) is 11.4. The molecular formula is C10H8N2O4. The number of ether oxygens (including phenoxy) is 1. The fraction of sp³-hybridized carbons (Fsp3) is 0.100. The molecular weight excluding hydrogens is 212 g/mol. The molecule has 0 radical (unpaired) electrons. The number of carboxylic acids is 1. The molecule has 0 bridgehead atoms. The minimum Gasteiger partial charge on any atom is -0.477 e. The Balaban J connectivity index is 2.12. The second kappa shape index (κ2) is 4.43. The number of carbonyl (C=O) groups is 1. The summed E-state index contributed by atoms with van der Waals surface area (Å²) in [6, 6.07) is 4.76. The third kappa shape index (κ3) is 2.17. The predicted octanol–water partition coefficient (Wildman–Crippen LogP) is 1.35. The highest BCUT2D eigenvalue weighted by molar-refractivity contribution is 5.89. The van der Waals surface area contributed by atoms with E-state index in [4.69, 9.17) is 14.3 Å². The van der Waals surface area contributed by atoms with Gasteiger partial charge in [0.1, 0.15) is 17.9 Å². The molecule has 0 fully saturated rings. The number of hydrogen-bond acceptors (Lipinski definition) is 5. The molecule has 0 saturated carbocycles. The van der Waals surface area contributed by atoms with Gasteiger partial charge in [-0.25, -0.2) is 4.79 Å². The van der Waals surface area contributed by atoms with Gasteiger partial charge in [-0.3, -0.25) is 0 Å². The number of rotatable bonds is 4. The number of carboxylic acid groups (broad SMARTS) is 1. The van der Waals surface area contributed by atoms with Crippen LogP contribution in [0.5, 0.6) is 5.88 Å². The summed E-state index contributed by atoms with van der Waals surface area (Å²) in [4.78, 5) is 10.8. The first-order valence-corrected chi connectivity index (χ1v) is 4.47. The quantitative estimate of drug-likeness (QED) is 0.836. The normalized spacial score (nSPS) is 10.0. The monoisotopic (exact) mass is 220 g/mol. The van der Waals surface area contributed by atoms with E-state index < -0.39 is 5.97 Å². The van der Waals surface area contributed by atoms with Gasteiger partial charge in [0, 0.05) is 0 Å². The van der Waals surface area contributed by atoms with E-state index in [-0.39, 0.29) is 18.1 Å². The number of aromatic nitrogens is 2. The van der Waals surface area contributed by atoms with Gasteiger partial charge in [-0.05, 0) is 18.2 Å². The Labute approximate surface area is 90.5 Å². The molecule has 6 heteroatoms. The summed E-state index contributed by atoms with van der Waals surface area (Å²) < 4.78 is 10.2. The molecule has 6 nitrogen and oxygen atoms in total. The van der Waals surface area contributed by atoms with Gasteiger partial charge in [-0.1, -0.05) is 0 Å². The van der Waals surface area contributed by atoms with E-state index in [1.807, 2.05) is 0 Å². The van der Waals surface area contributed by atoms with Crippen molar-refractivity contribution in [1.29, 1.82) is 0 Å². The fourth-order valence-electron chi connectivity index (χ4n) is 1.12. The summed E-state index contributed by atoms with van der Waals surface area (Å²) in [6.07, 6.45) is 2.80. The number of aromatic carboxylic acids is 1. The summed E-state index contributed by atoms with van der Waals surface area (Å²) in [5.74, 6) is -0.544. The minimum atomic E-state index is -1.11. The van der Waals surface area contributed by atoms with E-state index >= 15 is 0 Å². The molecule has 82 valence electrons. The molecule has 2 heterocycles. The van der Waals surface area contributed by atoms with Crippen LogP contribution < -0.4 is 4.74 Å². The van der Waals surface area contributed by atoms with E-state index in [1.54, 1.807) is 12.1 Å². The molecule has 0 saturated heterocycles. The van der Waals surface area contributed by atoms with Crippen molar-refractivity contribution in [3.05, 3.63) is 42.0 Å². The van der Waals surface area contributed by atoms with Crippen LogP contribution in [0.15, 0.2) is 35.1 Å². The lowest BCUT2D eigenvalue weighted by atomic mass is 10.3. The standard InChI is InChI=1S/C10H8N2O4/c13-10(14)8-3-4-11-12-9(8)16-6-7-2-1-5-15-7/h1-5H,6H2,(H,13,14). The second-order valence-electron chi connectivity index (χ2n) is 2.92. The fourth-order valence-corrected chi connectivity index (χ4v) is 1.12. The van der Waals surface area contributed by atoms with Crippen molar-refractivity contribution < 1.29 is 19.1 Å². The zero-order valence-electron chi connectivity index (χ0n) is 8.16. The van der Waals surface area contributed by atoms with Gasteiger partial charge in [0.15, 0.2) is 0 Å². The first-order valence-electron chi connectivity index (χ1n) is 4.47. The van der Waals surface area contributed by atoms with Crippen LogP contribution in [0.2, 0.25) is 0 Å². The Kier molecular flexibility index (Phi) is 2.81. The molecule has 0 amide bonds. The highest BCUT2D eigenvalue weighted by Gasteiger charge is 2.12. The molecule has 0 spiro atoms. The molecule has 0 atom stereocenters. The number of furan rings is 1. The van der Waals surface area contributed by atoms with E-state index in [1.165, 1.54) is 18.5 Å². The molecule has 0 aliphatic carbocycles.